The molecule has 0 saturated carbocycles. The van der Waals surface area contributed by atoms with E-state index < -0.39 is 0 Å². The van der Waals surface area contributed by atoms with Crippen molar-refractivity contribution in [3.63, 3.8) is 0 Å². The van der Waals surface area contributed by atoms with Crippen LogP contribution in [0.2, 0.25) is 0 Å². The maximum atomic E-state index is 12.4. The second-order valence-electron chi connectivity index (χ2n) is 5.81. The van der Waals surface area contributed by atoms with E-state index >= 15 is 0 Å². The van der Waals surface area contributed by atoms with Crippen LogP contribution >= 0.6 is 11.3 Å². The average Bonchev–Trinajstić information content (AvgIpc) is 3.13. The van der Waals surface area contributed by atoms with Crippen molar-refractivity contribution < 1.29 is 9.53 Å². The quantitative estimate of drug-likeness (QED) is 0.725. The number of rotatable bonds is 3. The molecule has 0 saturated heterocycles. The molecule has 0 radical (unpaired) electrons. The summed E-state index contributed by atoms with van der Waals surface area (Å²) in [6.45, 7) is 2.67. The van der Waals surface area contributed by atoms with Crippen LogP contribution in [-0.4, -0.2) is 17.5 Å². The number of ether oxygens (including phenoxy) is 1. The molecule has 1 aliphatic heterocycles. The van der Waals surface area contributed by atoms with Gasteiger partial charge in [0.05, 0.1) is 23.4 Å². The number of fused-ring (bicyclic) bond motifs is 1. The van der Waals surface area contributed by atoms with Gasteiger partial charge in [0, 0.05) is 10.9 Å². The van der Waals surface area contributed by atoms with E-state index in [2.05, 4.69) is 36.2 Å². The SMILES string of the molecule is Cc1ccc(CN2C(=O)COc3ccc(-c4cscn4)cc32)cc1. The highest BCUT2D eigenvalue weighted by atomic mass is 32.1. The first-order valence-corrected chi connectivity index (χ1v) is 8.66. The number of amides is 1. The molecular formula is C19H16N2O2S. The zero-order chi connectivity index (χ0) is 16.5. The predicted octanol–water partition coefficient (Wildman–Crippen LogP) is 4.04. The Morgan fingerprint density at radius 1 is 1.21 bits per heavy atom. The van der Waals surface area contributed by atoms with E-state index in [1.807, 2.05) is 23.6 Å². The van der Waals surface area contributed by atoms with Crippen LogP contribution in [0.25, 0.3) is 11.3 Å². The second-order valence-corrected chi connectivity index (χ2v) is 6.53. The minimum atomic E-state index is -0.0292. The molecule has 0 aliphatic carbocycles. The number of benzene rings is 2. The molecule has 120 valence electrons. The van der Waals surface area contributed by atoms with Gasteiger partial charge in [-0.25, -0.2) is 4.98 Å². The number of anilines is 1. The number of hydrogen-bond donors (Lipinski definition) is 0. The van der Waals surface area contributed by atoms with E-state index in [0.717, 1.165) is 28.3 Å². The molecule has 2 heterocycles. The smallest absolute Gasteiger partial charge is 0.265 e. The summed E-state index contributed by atoms with van der Waals surface area (Å²) >= 11 is 1.55. The van der Waals surface area contributed by atoms with E-state index in [1.165, 1.54) is 5.56 Å². The van der Waals surface area contributed by atoms with Gasteiger partial charge in [-0.1, -0.05) is 29.8 Å². The second kappa shape index (κ2) is 6.09. The van der Waals surface area contributed by atoms with Gasteiger partial charge in [0.25, 0.3) is 5.91 Å². The third kappa shape index (κ3) is 2.78. The lowest BCUT2D eigenvalue weighted by Gasteiger charge is -2.30. The Balaban J connectivity index is 1.71. The fraction of sp³-hybridized carbons (Fsp3) is 0.158. The summed E-state index contributed by atoms with van der Waals surface area (Å²) in [5.74, 6) is 0.708. The fourth-order valence-electron chi connectivity index (χ4n) is 2.77. The van der Waals surface area contributed by atoms with Crippen molar-refractivity contribution in [1.82, 2.24) is 4.98 Å². The van der Waals surface area contributed by atoms with Gasteiger partial charge in [-0.15, -0.1) is 11.3 Å². The van der Waals surface area contributed by atoms with Crippen LogP contribution in [0.4, 0.5) is 5.69 Å². The minimum absolute atomic E-state index is 0.0292. The summed E-state index contributed by atoms with van der Waals surface area (Å²) in [5, 5.41) is 2.00. The maximum Gasteiger partial charge on any atom is 0.265 e. The number of carbonyl (C=O) groups excluding carboxylic acids is 1. The van der Waals surface area contributed by atoms with Gasteiger partial charge in [0.1, 0.15) is 5.75 Å². The lowest BCUT2D eigenvalue weighted by atomic mass is 10.1. The summed E-state index contributed by atoms with van der Waals surface area (Å²) in [7, 11) is 0. The highest BCUT2D eigenvalue weighted by Crippen LogP contribution is 2.36. The Kier molecular flexibility index (Phi) is 3.78. The number of nitrogens with zero attached hydrogens (tertiary/aromatic N) is 2. The van der Waals surface area contributed by atoms with Crippen molar-refractivity contribution in [1.29, 1.82) is 0 Å². The molecule has 0 spiro atoms. The highest BCUT2D eigenvalue weighted by molar-refractivity contribution is 7.07. The van der Waals surface area contributed by atoms with Crippen molar-refractivity contribution in [3.05, 3.63) is 64.5 Å². The third-order valence-corrected chi connectivity index (χ3v) is 4.68. The Morgan fingerprint density at radius 3 is 2.79 bits per heavy atom. The molecular weight excluding hydrogens is 320 g/mol. The lowest BCUT2D eigenvalue weighted by Crippen LogP contribution is -2.38. The van der Waals surface area contributed by atoms with E-state index in [0.29, 0.717) is 6.54 Å². The maximum absolute atomic E-state index is 12.4. The van der Waals surface area contributed by atoms with E-state index in [1.54, 1.807) is 21.7 Å². The number of carbonyl (C=O) groups is 1. The van der Waals surface area contributed by atoms with Crippen molar-refractivity contribution >= 4 is 22.9 Å². The molecule has 5 heteroatoms. The highest BCUT2D eigenvalue weighted by Gasteiger charge is 2.26. The van der Waals surface area contributed by atoms with E-state index in [4.69, 9.17) is 4.74 Å². The zero-order valence-corrected chi connectivity index (χ0v) is 14.0. The predicted molar refractivity (Wildman–Crippen MR) is 95.4 cm³/mol. The van der Waals surface area contributed by atoms with Gasteiger partial charge in [0.15, 0.2) is 6.61 Å². The topological polar surface area (TPSA) is 42.4 Å². The molecule has 24 heavy (non-hydrogen) atoms. The molecule has 4 rings (SSSR count). The molecule has 2 aromatic carbocycles. The van der Waals surface area contributed by atoms with Crippen LogP contribution in [0.5, 0.6) is 5.75 Å². The molecule has 0 atom stereocenters. The third-order valence-electron chi connectivity index (χ3n) is 4.09. The van der Waals surface area contributed by atoms with Crippen molar-refractivity contribution in [2.45, 2.75) is 13.5 Å². The van der Waals surface area contributed by atoms with Gasteiger partial charge >= 0.3 is 0 Å². The number of aromatic nitrogens is 1. The van der Waals surface area contributed by atoms with Gasteiger partial charge in [-0.3, -0.25) is 4.79 Å². The van der Waals surface area contributed by atoms with Crippen LogP contribution in [0.3, 0.4) is 0 Å². The molecule has 1 amide bonds. The number of hydrogen-bond acceptors (Lipinski definition) is 4. The van der Waals surface area contributed by atoms with Gasteiger partial charge < -0.3 is 9.64 Å². The Bertz CT molecular complexity index is 873. The van der Waals surface area contributed by atoms with Crippen molar-refractivity contribution in [2.75, 3.05) is 11.5 Å². The summed E-state index contributed by atoms with van der Waals surface area (Å²) in [6, 6.07) is 14.1. The van der Waals surface area contributed by atoms with Crippen LogP contribution < -0.4 is 9.64 Å². The Morgan fingerprint density at radius 2 is 2.04 bits per heavy atom. The average molecular weight is 336 g/mol. The largest absolute Gasteiger partial charge is 0.482 e. The molecule has 0 N–H and O–H groups in total. The molecule has 0 bridgehead atoms. The number of aryl methyl sites for hydroxylation is 1. The first-order valence-electron chi connectivity index (χ1n) is 7.72. The summed E-state index contributed by atoms with van der Waals surface area (Å²) in [6.07, 6.45) is 0. The van der Waals surface area contributed by atoms with Crippen LogP contribution in [-0.2, 0) is 11.3 Å². The Labute approximate surface area is 144 Å². The standard InChI is InChI=1S/C19H16N2O2S/c1-13-2-4-14(5-3-13)9-21-17-8-15(16-11-24-12-20-16)6-7-18(17)23-10-19(21)22/h2-8,11-12H,9-10H2,1H3. The summed E-state index contributed by atoms with van der Waals surface area (Å²) in [5.41, 5.74) is 6.82. The molecule has 1 aliphatic rings. The molecule has 4 nitrogen and oxygen atoms in total. The summed E-state index contributed by atoms with van der Waals surface area (Å²) < 4.78 is 5.59. The normalized spacial score (nSPS) is 13.5. The number of thiazole rings is 1. The zero-order valence-electron chi connectivity index (χ0n) is 13.2. The van der Waals surface area contributed by atoms with Gasteiger partial charge in [-0.2, -0.15) is 0 Å². The minimum Gasteiger partial charge on any atom is -0.482 e. The molecule has 0 fully saturated rings. The Hall–Kier alpha value is -2.66. The molecule has 3 aromatic rings. The van der Waals surface area contributed by atoms with Crippen molar-refractivity contribution in [2.24, 2.45) is 0 Å². The van der Waals surface area contributed by atoms with E-state index in [-0.39, 0.29) is 12.5 Å². The monoisotopic (exact) mass is 336 g/mol. The van der Waals surface area contributed by atoms with Gasteiger partial charge in [-0.05, 0) is 30.7 Å². The molecule has 0 unspecified atom stereocenters. The first-order chi connectivity index (χ1) is 11.7. The lowest BCUT2D eigenvalue weighted by molar-refractivity contribution is -0.121. The van der Waals surface area contributed by atoms with E-state index in [9.17, 15) is 4.79 Å². The van der Waals surface area contributed by atoms with Crippen LogP contribution in [0.1, 0.15) is 11.1 Å². The van der Waals surface area contributed by atoms with Crippen molar-refractivity contribution in [3.8, 4) is 17.0 Å². The van der Waals surface area contributed by atoms with Gasteiger partial charge in [0.2, 0.25) is 0 Å². The van der Waals surface area contributed by atoms with Crippen LogP contribution in [0, 0.1) is 6.92 Å². The fourth-order valence-corrected chi connectivity index (χ4v) is 3.33. The molecule has 1 aromatic heterocycles. The first kappa shape index (κ1) is 14.9. The van der Waals surface area contributed by atoms with Crippen LogP contribution in [0.15, 0.2) is 53.4 Å². The summed E-state index contributed by atoms with van der Waals surface area (Å²) in [4.78, 5) is 18.6.